The summed E-state index contributed by atoms with van der Waals surface area (Å²) < 4.78 is 5.00. The lowest BCUT2D eigenvalue weighted by Gasteiger charge is -2.15. The van der Waals surface area contributed by atoms with Crippen LogP contribution in [0.2, 0.25) is 0 Å². The standard InChI is InChI=1S/C13H16N4O/c1-14-12(8-10-4-3-7-15-9-10)11-5-6-13(18-2)17-16-11/h3-7,9,12,14H,8H2,1-2H3. The first-order valence-electron chi connectivity index (χ1n) is 5.77. The molecule has 0 spiro atoms. The molecule has 0 radical (unpaired) electrons. The number of aromatic nitrogens is 3. The van der Waals surface area contributed by atoms with Crippen molar-refractivity contribution < 1.29 is 4.74 Å². The summed E-state index contributed by atoms with van der Waals surface area (Å²) in [4.78, 5) is 4.11. The van der Waals surface area contributed by atoms with Gasteiger partial charge >= 0.3 is 0 Å². The molecule has 5 heteroatoms. The second-order valence-corrected chi connectivity index (χ2v) is 3.91. The van der Waals surface area contributed by atoms with Crippen LogP contribution in [0, 0.1) is 0 Å². The smallest absolute Gasteiger partial charge is 0.233 e. The Labute approximate surface area is 106 Å². The van der Waals surface area contributed by atoms with Gasteiger partial charge in [-0.05, 0) is 31.2 Å². The van der Waals surface area contributed by atoms with Gasteiger partial charge in [-0.25, -0.2) is 0 Å². The first-order chi connectivity index (χ1) is 8.83. The molecule has 0 aliphatic carbocycles. The predicted octanol–water partition coefficient (Wildman–Crippen LogP) is 1.38. The SMILES string of the molecule is CNC(Cc1cccnc1)c1ccc(OC)nn1. The van der Waals surface area contributed by atoms with Crippen LogP contribution in [0.1, 0.15) is 17.3 Å². The molecule has 0 saturated carbocycles. The molecule has 0 aliphatic heterocycles. The van der Waals surface area contributed by atoms with Crippen LogP contribution in [0.4, 0.5) is 0 Å². The van der Waals surface area contributed by atoms with Gasteiger partial charge in [0.25, 0.3) is 0 Å². The summed E-state index contributed by atoms with van der Waals surface area (Å²) in [5.74, 6) is 0.523. The number of likely N-dealkylation sites (N-methyl/N-ethyl adjacent to an activating group) is 1. The zero-order valence-corrected chi connectivity index (χ0v) is 10.5. The molecule has 94 valence electrons. The van der Waals surface area contributed by atoms with Crippen LogP contribution in [0.15, 0.2) is 36.7 Å². The molecule has 0 bridgehead atoms. The summed E-state index contributed by atoms with van der Waals surface area (Å²) in [6.07, 6.45) is 4.46. The molecule has 0 aliphatic rings. The topological polar surface area (TPSA) is 59.9 Å². The number of hydrogen-bond acceptors (Lipinski definition) is 5. The summed E-state index contributed by atoms with van der Waals surface area (Å²) in [5.41, 5.74) is 2.05. The number of nitrogens with one attached hydrogen (secondary N) is 1. The number of nitrogens with zero attached hydrogens (tertiary/aromatic N) is 3. The van der Waals surface area contributed by atoms with Crippen molar-refractivity contribution in [3.05, 3.63) is 47.9 Å². The molecule has 2 aromatic heterocycles. The lowest BCUT2D eigenvalue weighted by atomic mass is 10.1. The van der Waals surface area contributed by atoms with Crippen molar-refractivity contribution in [1.29, 1.82) is 0 Å². The third-order valence-corrected chi connectivity index (χ3v) is 2.74. The Morgan fingerprint density at radius 1 is 1.28 bits per heavy atom. The van der Waals surface area contributed by atoms with Gasteiger partial charge in [0.05, 0.1) is 18.8 Å². The van der Waals surface area contributed by atoms with Gasteiger partial charge in [-0.3, -0.25) is 4.98 Å². The quantitative estimate of drug-likeness (QED) is 0.861. The third-order valence-electron chi connectivity index (χ3n) is 2.74. The highest BCUT2D eigenvalue weighted by Crippen LogP contribution is 2.16. The maximum absolute atomic E-state index is 5.00. The second-order valence-electron chi connectivity index (χ2n) is 3.91. The van der Waals surface area contributed by atoms with Crippen molar-refractivity contribution in [3.8, 4) is 5.88 Å². The summed E-state index contributed by atoms with van der Waals surface area (Å²) >= 11 is 0. The minimum absolute atomic E-state index is 0.118. The van der Waals surface area contributed by atoms with Gasteiger partial charge in [-0.2, -0.15) is 5.10 Å². The molecule has 2 heterocycles. The van der Waals surface area contributed by atoms with E-state index in [1.165, 1.54) is 0 Å². The van der Waals surface area contributed by atoms with Gasteiger partial charge in [-0.1, -0.05) is 6.07 Å². The molecule has 0 saturated heterocycles. The van der Waals surface area contributed by atoms with E-state index in [0.29, 0.717) is 5.88 Å². The number of hydrogen-bond donors (Lipinski definition) is 1. The molecule has 0 amide bonds. The zero-order valence-electron chi connectivity index (χ0n) is 10.5. The monoisotopic (exact) mass is 244 g/mol. The fraction of sp³-hybridized carbons (Fsp3) is 0.308. The van der Waals surface area contributed by atoms with E-state index in [1.807, 2.05) is 37.5 Å². The maximum Gasteiger partial charge on any atom is 0.233 e. The van der Waals surface area contributed by atoms with Gasteiger partial charge in [-0.15, -0.1) is 5.10 Å². The predicted molar refractivity (Wildman–Crippen MR) is 68.3 cm³/mol. The van der Waals surface area contributed by atoms with Crippen molar-refractivity contribution in [2.24, 2.45) is 0 Å². The Hall–Kier alpha value is -2.01. The lowest BCUT2D eigenvalue weighted by molar-refractivity contribution is 0.389. The number of methoxy groups -OCH3 is 1. The minimum atomic E-state index is 0.118. The molecule has 0 fully saturated rings. The van der Waals surface area contributed by atoms with E-state index in [2.05, 4.69) is 20.5 Å². The summed E-state index contributed by atoms with van der Waals surface area (Å²) in [6, 6.07) is 7.84. The van der Waals surface area contributed by atoms with Crippen LogP contribution < -0.4 is 10.1 Å². The molecular formula is C13H16N4O. The molecular weight excluding hydrogens is 228 g/mol. The Kier molecular flexibility index (Phi) is 4.20. The van der Waals surface area contributed by atoms with Crippen molar-refractivity contribution in [2.45, 2.75) is 12.5 Å². The molecule has 2 rings (SSSR count). The highest BCUT2D eigenvalue weighted by atomic mass is 16.5. The van der Waals surface area contributed by atoms with Crippen LogP contribution >= 0.6 is 0 Å². The van der Waals surface area contributed by atoms with Crippen LogP contribution in [-0.2, 0) is 6.42 Å². The van der Waals surface area contributed by atoms with Gasteiger partial charge in [0.1, 0.15) is 0 Å². The molecule has 1 unspecified atom stereocenters. The van der Waals surface area contributed by atoms with Gasteiger partial charge < -0.3 is 10.1 Å². The molecule has 5 nitrogen and oxygen atoms in total. The summed E-state index contributed by atoms with van der Waals surface area (Å²) in [5, 5.41) is 11.4. The van der Waals surface area contributed by atoms with Crippen molar-refractivity contribution >= 4 is 0 Å². The average Bonchev–Trinajstić information content (AvgIpc) is 2.46. The van der Waals surface area contributed by atoms with Crippen molar-refractivity contribution in [2.75, 3.05) is 14.2 Å². The first-order valence-corrected chi connectivity index (χ1v) is 5.77. The number of rotatable bonds is 5. The van der Waals surface area contributed by atoms with Crippen LogP contribution in [0.5, 0.6) is 5.88 Å². The van der Waals surface area contributed by atoms with Gasteiger partial charge in [0, 0.05) is 18.5 Å². The van der Waals surface area contributed by atoms with E-state index in [1.54, 1.807) is 13.3 Å². The van der Waals surface area contributed by atoms with E-state index in [9.17, 15) is 0 Å². The first kappa shape index (κ1) is 12.4. The molecule has 1 N–H and O–H groups in total. The zero-order chi connectivity index (χ0) is 12.8. The minimum Gasteiger partial charge on any atom is -0.480 e. The Bertz CT molecular complexity index is 472. The highest BCUT2D eigenvalue weighted by Gasteiger charge is 2.12. The van der Waals surface area contributed by atoms with Gasteiger partial charge in [0.15, 0.2) is 0 Å². The van der Waals surface area contributed by atoms with E-state index in [4.69, 9.17) is 4.74 Å². The Morgan fingerprint density at radius 3 is 2.72 bits per heavy atom. The maximum atomic E-state index is 5.00. The fourth-order valence-electron chi connectivity index (χ4n) is 1.73. The Balaban J connectivity index is 2.12. The second kappa shape index (κ2) is 6.07. The fourth-order valence-corrected chi connectivity index (χ4v) is 1.73. The van der Waals surface area contributed by atoms with E-state index in [0.717, 1.165) is 17.7 Å². The lowest BCUT2D eigenvalue weighted by Crippen LogP contribution is -2.20. The van der Waals surface area contributed by atoms with Crippen LogP contribution in [0.25, 0.3) is 0 Å². The summed E-state index contributed by atoms with van der Waals surface area (Å²) in [7, 11) is 3.49. The summed E-state index contributed by atoms with van der Waals surface area (Å²) in [6.45, 7) is 0. The number of ether oxygens (including phenoxy) is 1. The van der Waals surface area contributed by atoms with Gasteiger partial charge in [0.2, 0.25) is 5.88 Å². The number of pyridine rings is 1. The van der Waals surface area contributed by atoms with E-state index >= 15 is 0 Å². The molecule has 1 atom stereocenters. The van der Waals surface area contributed by atoms with Crippen LogP contribution in [-0.4, -0.2) is 29.3 Å². The third kappa shape index (κ3) is 3.01. The average molecular weight is 244 g/mol. The normalized spacial score (nSPS) is 12.1. The van der Waals surface area contributed by atoms with E-state index in [-0.39, 0.29) is 6.04 Å². The molecule has 18 heavy (non-hydrogen) atoms. The van der Waals surface area contributed by atoms with Crippen LogP contribution in [0.3, 0.4) is 0 Å². The highest BCUT2D eigenvalue weighted by molar-refractivity contribution is 5.18. The molecule has 2 aromatic rings. The van der Waals surface area contributed by atoms with Crippen molar-refractivity contribution in [3.63, 3.8) is 0 Å². The largest absolute Gasteiger partial charge is 0.480 e. The molecule has 0 aromatic carbocycles. The Morgan fingerprint density at radius 2 is 2.17 bits per heavy atom. The van der Waals surface area contributed by atoms with Crippen molar-refractivity contribution in [1.82, 2.24) is 20.5 Å². The van der Waals surface area contributed by atoms with E-state index < -0.39 is 0 Å².